The molecule has 0 saturated heterocycles. The second-order valence-corrected chi connectivity index (χ2v) is 6.39. The Morgan fingerprint density at radius 1 is 1.10 bits per heavy atom. The minimum atomic E-state index is -0.166. The van der Waals surface area contributed by atoms with Gasteiger partial charge in [-0.05, 0) is 49.7 Å². The Hall–Kier alpha value is -1.39. The van der Waals surface area contributed by atoms with Gasteiger partial charge in [-0.1, -0.05) is 28.1 Å². The quantitative estimate of drug-likeness (QED) is 0.799. The van der Waals surface area contributed by atoms with Crippen LogP contribution < -0.4 is 5.73 Å². The first-order chi connectivity index (χ1) is 9.95. The van der Waals surface area contributed by atoms with Gasteiger partial charge in [0.05, 0.1) is 0 Å². The van der Waals surface area contributed by atoms with Crippen LogP contribution in [-0.4, -0.2) is 10.9 Å². The molecule has 0 unspecified atom stereocenters. The highest BCUT2D eigenvalue weighted by Gasteiger charge is 2.13. The van der Waals surface area contributed by atoms with E-state index in [4.69, 9.17) is 5.73 Å². The molecule has 0 aromatic heterocycles. The summed E-state index contributed by atoms with van der Waals surface area (Å²) < 4.78 is 14.8. The maximum absolute atomic E-state index is 13.9. The maximum Gasteiger partial charge on any atom is 0.127 e. The molecule has 0 saturated carbocycles. The lowest BCUT2D eigenvalue weighted by molar-refractivity contribution is 0.201. The fourth-order valence-corrected chi connectivity index (χ4v) is 2.57. The van der Waals surface area contributed by atoms with Crippen molar-refractivity contribution in [2.24, 2.45) is 0 Å². The lowest BCUT2D eigenvalue weighted by Crippen LogP contribution is -2.30. The highest BCUT2D eigenvalue weighted by atomic mass is 79.9. The van der Waals surface area contributed by atoms with Gasteiger partial charge in [-0.2, -0.15) is 0 Å². The summed E-state index contributed by atoms with van der Waals surface area (Å²) in [6, 6.07) is 13.2. The van der Waals surface area contributed by atoms with Crippen LogP contribution in [0.15, 0.2) is 46.9 Å². The molecule has 21 heavy (non-hydrogen) atoms. The zero-order chi connectivity index (χ0) is 15.4. The highest BCUT2D eigenvalue weighted by molar-refractivity contribution is 9.10. The van der Waals surface area contributed by atoms with Gasteiger partial charge in [-0.3, -0.25) is 4.90 Å². The lowest BCUT2D eigenvalue weighted by atomic mass is 10.1. The van der Waals surface area contributed by atoms with Crippen LogP contribution in [0.25, 0.3) is 0 Å². The smallest absolute Gasteiger partial charge is 0.127 e. The summed E-state index contributed by atoms with van der Waals surface area (Å²) in [5, 5.41) is 0. The number of nitrogen functional groups attached to an aromatic ring is 1. The van der Waals surface area contributed by atoms with Crippen molar-refractivity contribution in [1.29, 1.82) is 0 Å². The van der Waals surface area contributed by atoms with Gasteiger partial charge in [0.1, 0.15) is 5.82 Å². The molecule has 0 fully saturated rings. The summed E-state index contributed by atoms with van der Waals surface area (Å²) in [6.07, 6.45) is 0. The predicted molar refractivity (Wildman–Crippen MR) is 89.3 cm³/mol. The van der Waals surface area contributed by atoms with Gasteiger partial charge in [-0.15, -0.1) is 0 Å². The van der Waals surface area contributed by atoms with Crippen LogP contribution in [0.4, 0.5) is 10.1 Å². The Kier molecular flexibility index (Phi) is 5.37. The van der Waals surface area contributed by atoms with Crippen molar-refractivity contribution >= 4 is 21.6 Å². The monoisotopic (exact) mass is 350 g/mol. The van der Waals surface area contributed by atoms with E-state index < -0.39 is 0 Å². The first-order valence-corrected chi connectivity index (χ1v) is 7.77. The van der Waals surface area contributed by atoms with Crippen molar-refractivity contribution in [3.63, 3.8) is 0 Å². The minimum Gasteiger partial charge on any atom is -0.399 e. The predicted octanol–water partition coefficient (Wildman–Crippen LogP) is 4.58. The van der Waals surface area contributed by atoms with Gasteiger partial charge < -0.3 is 5.73 Å². The molecule has 0 bridgehead atoms. The summed E-state index contributed by atoms with van der Waals surface area (Å²) in [6.45, 7) is 5.58. The Morgan fingerprint density at radius 3 is 2.38 bits per heavy atom. The molecule has 0 aliphatic heterocycles. The summed E-state index contributed by atoms with van der Waals surface area (Å²) in [5.41, 5.74) is 8.34. The minimum absolute atomic E-state index is 0.166. The van der Waals surface area contributed by atoms with Crippen molar-refractivity contribution in [2.75, 3.05) is 5.73 Å². The van der Waals surface area contributed by atoms with Crippen molar-refractivity contribution < 1.29 is 4.39 Å². The summed E-state index contributed by atoms with van der Waals surface area (Å²) in [7, 11) is 0. The third-order valence-corrected chi connectivity index (χ3v) is 3.97. The molecule has 2 N–H and O–H groups in total. The number of hydrogen-bond donors (Lipinski definition) is 1. The lowest BCUT2D eigenvalue weighted by Gasteiger charge is -2.27. The van der Waals surface area contributed by atoms with E-state index in [9.17, 15) is 4.39 Å². The van der Waals surface area contributed by atoms with Crippen molar-refractivity contribution in [3.8, 4) is 0 Å². The number of nitrogens with zero attached hydrogens (tertiary/aromatic N) is 1. The number of rotatable bonds is 5. The second-order valence-electron chi connectivity index (χ2n) is 5.48. The van der Waals surface area contributed by atoms with Gasteiger partial charge in [0.2, 0.25) is 0 Å². The molecule has 0 amide bonds. The maximum atomic E-state index is 13.9. The van der Waals surface area contributed by atoms with Crippen LogP contribution in [-0.2, 0) is 13.1 Å². The van der Waals surface area contributed by atoms with Crippen LogP contribution >= 0.6 is 15.9 Å². The molecular weight excluding hydrogens is 331 g/mol. The first kappa shape index (κ1) is 16.0. The molecule has 0 atom stereocenters. The Bertz CT molecular complexity index is 596. The third-order valence-electron chi connectivity index (χ3n) is 3.48. The fourth-order valence-electron chi connectivity index (χ4n) is 2.16. The SMILES string of the molecule is CC(C)N(Cc1ccc(N)cc1)Cc1cc(Br)ccc1F. The van der Waals surface area contributed by atoms with Gasteiger partial charge in [0.25, 0.3) is 0 Å². The van der Waals surface area contributed by atoms with Crippen molar-refractivity contribution in [3.05, 3.63) is 63.9 Å². The van der Waals surface area contributed by atoms with Crippen molar-refractivity contribution in [2.45, 2.75) is 33.0 Å². The Morgan fingerprint density at radius 2 is 1.76 bits per heavy atom. The van der Waals surface area contributed by atoms with E-state index in [0.29, 0.717) is 18.2 Å². The number of halogens is 2. The Balaban J connectivity index is 2.15. The molecule has 0 aliphatic carbocycles. The van der Waals surface area contributed by atoms with Gasteiger partial charge in [-0.25, -0.2) is 4.39 Å². The molecular formula is C17H20BrFN2. The molecule has 2 aromatic rings. The van der Waals surface area contributed by atoms with Crippen LogP contribution in [0.5, 0.6) is 0 Å². The summed E-state index contributed by atoms with van der Waals surface area (Å²) >= 11 is 3.40. The number of nitrogens with two attached hydrogens (primary N) is 1. The van der Waals surface area contributed by atoms with Crippen LogP contribution in [0.3, 0.4) is 0 Å². The van der Waals surface area contributed by atoms with Gasteiger partial charge >= 0.3 is 0 Å². The largest absolute Gasteiger partial charge is 0.399 e. The second kappa shape index (κ2) is 7.05. The number of hydrogen-bond acceptors (Lipinski definition) is 2. The highest BCUT2D eigenvalue weighted by Crippen LogP contribution is 2.20. The third kappa shape index (κ3) is 4.55. The number of anilines is 1. The summed E-state index contributed by atoms with van der Waals surface area (Å²) in [4.78, 5) is 2.23. The Labute approximate surface area is 133 Å². The molecule has 4 heteroatoms. The average molecular weight is 351 g/mol. The zero-order valence-electron chi connectivity index (χ0n) is 12.3. The first-order valence-electron chi connectivity index (χ1n) is 6.98. The topological polar surface area (TPSA) is 29.3 Å². The number of benzene rings is 2. The molecule has 0 heterocycles. The molecule has 2 rings (SSSR count). The van der Waals surface area contributed by atoms with Crippen molar-refractivity contribution in [1.82, 2.24) is 4.90 Å². The summed E-state index contributed by atoms with van der Waals surface area (Å²) in [5.74, 6) is -0.166. The molecule has 0 aliphatic rings. The average Bonchev–Trinajstić information content (AvgIpc) is 2.44. The van der Waals surface area contributed by atoms with Crippen LogP contribution in [0.2, 0.25) is 0 Å². The normalized spacial score (nSPS) is 11.3. The molecule has 2 nitrogen and oxygen atoms in total. The van der Waals surface area contributed by atoms with Gasteiger partial charge in [0, 0.05) is 34.9 Å². The van der Waals surface area contributed by atoms with E-state index in [2.05, 4.69) is 34.7 Å². The van der Waals surface area contributed by atoms with E-state index >= 15 is 0 Å². The molecule has 0 radical (unpaired) electrons. The standard InChI is InChI=1S/C17H20BrFN2/c1-12(2)21(10-13-3-6-16(20)7-4-13)11-14-9-15(18)5-8-17(14)19/h3-9,12H,10-11,20H2,1-2H3. The molecule has 112 valence electrons. The van der Waals surface area contributed by atoms with E-state index in [-0.39, 0.29) is 5.82 Å². The van der Waals surface area contributed by atoms with E-state index in [1.54, 1.807) is 6.07 Å². The van der Waals surface area contributed by atoms with E-state index in [0.717, 1.165) is 16.7 Å². The van der Waals surface area contributed by atoms with E-state index in [1.165, 1.54) is 11.6 Å². The van der Waals surface area contributed by atoms with E-state index in [1.807, 2.05) is 30.3 Å². The van der Waals surface area contributed by atoms with Crippen LogP contribution in [0.1, 0.15) is 25.0 Å². The molecule has 2 aromatic carbocycles. The van der Waals surface area contributed by atoms with Crippen LogP contribution in [0, 0.1) is 5.82 Å². The fraction of sp³-hybridized carbons (Fsp3) is 0.294. The molecule has 0 spiro atoms. The van der Waals surface area contributed by atoms with Gasteiger partial charge in [0.15, 0.2) is 0 Å². The zero-order valence-corrected chi connectivity index (χ0v) is 13.9.